The lowest BCUT2D eigenvalue weighted by molar-refractivity contribution is -0.124. The van der Waals surface area contributed by atoms with Gasteiger partial charge in [0, 0.05) is 12.6 Å². The quantitative estimate of drug-likeness (QED) is 0.0875. The molecule has 0 bridgehead atoms. The van der Waals surface area contributed by atoms with Crippen LogP contribution in [0.25, 0.3) is 5.57 Å². The molecule has 0 spiro atoms. The maximum absolute atomic E-state index is 12.9. The second kappa shape index (κ2) is 17.7. The Kier molecular flexibility index (Phi) is 14.1. The van der Waals surface area contributed by atoms with Crippen molar-refractivity contribution in [2.45, 2.75) is 78.3 Å². The topological polar surface area (TPSA) is 134 Å². The van der Waals surface area contributed by atoms with Gasteiger partial charge in [0.2, 0.25) is 0 Å². The molecule has 45 heavy (non-hydrogen) atoms. The van der Waals surface area contributed by atoms with Gasteiger partial charge >= 0.3 is 0 Å². The number of aryl methyl sites for hydroxylation is 2. The smallest absolute Gasteiger partial charge is 0.163 e. The molecule has 0 aromatic heterocycles. The predicted molar refractivity (Wildman–Crippen MR) is 181 cm³/mol. The van der Waals surface area contributed by atoms with E-state index in [1.807, 2.05) is 13.2 Å². The third-order valence-corrected chi connectivity index (χ3v) is 8.14. The molecule has 3 rings (SSSR count). The number of ketones is 2. The van der Waals surface area contributed by atoms with Crippen LogP contribution in [0.5, 0.6) is 11.5 Å². The summed E-state index contributed by atoms with van der Waals surface area (Å²) in [5.74, 6) is 0.323. The van der Waals surface area contributed by atoms with Crippen LogP contribution in [0.15, 0.2) is 59.8 Å². The predicted octanol–water partition coefficient (Wildman–Crippen LogP) is 5.21. The Bertz CT molecular complexity index is 1410. The summed E-state index contributed by atoms with van der Waals surface area (Å²) in [6, 6.07) is 9.68. The summed E-state index contributed by atoms with van der Waals surface area (Å²) < 4.78 is 5.35. The third-order valence-electron chi connectivity index (χ3n) is 8.14. The fourth-order valence-corrected chi connectivity index (χ4v) is 5.96. The number of carbonyl (C=O) groups excluding carboxylic acids is 2. The Morgan fingerprint density at radius 2 is 1.82 bits per heavy atom. The molecule has 1 heterocycles. The number of hydrogen-bond acceptors (Lipinski definition) is 8. The number of nitrogens with two attached hydrogens (primary N) is 1. The van der Waals surface area contributed by atoms with E-state index in [2.05, 4.69) is 55.7 Å². The van der Waals surface area contributed by atoms with Crippen LogP contribution in [-0.2, 0) is 22.4 Å². The monoisotopic (exact) mass is 617 g/mol. The molecule has 0 saturated carbocycles. The average Bonchev–Trinajstić information content (AvgIpc) is 2.97. The number of aromatic hydroxyl groups is 1. The fraction of sp³-hybridized carbons (Fsp3) is 0.459. The van der Waals surface area contributed by atoms with Crippen molar-refractivity contribution in [1.82, 2.24) is 10.6 Å². The van der Waals surface area contributed by atoms with E-state index < -0.39 is 6.61 Å². The van der Waals surface area contributed by atoms with Crippen LogP contribution >= 0.6 is 0 Å². The molecule has 2 atom stereocenters. The van der Waals surface area contributed by atoms with Crippen LogP contribution in [0.2, 0.25) is 0 Å². The number of aliphatic hydroxyl groups is 1. The molecule has 0 fully saturated rings. The Morgan fingerprint density at radius 1 is 1.09 bits per heavy atom. The summed E-state index contributed by atoms with van der Waals surface area (Å²) in [4.78, 5) is 25.5. The second-order valence-corrected chi connectivity index (χ2v) is 12.4. The first-order chi connectivity index (χ1) is 21.5. The Labute approximate surface area is 268 Å². The molecule has 1 unspecified atom stereocenters. The molecule has 8 nitrogen and oxygen atoms in total. The number of Topliss-reactive ketones (excluding diaryl/α,β-unsaturated/α-hetero) is 1. The molecule has 2 aromatic rings. The van der Waals surface area contributed by atoms with Gasteiger partial charge in [-0.25, -0.2) is 0 Å². The maximum Gasteiger partial charge on any atom is 0.163 e. The Hall–Kier alpha value is -3.72. The number of unbranched alkanes of at least 4 members (excludes halogenated alkanes) is 2. The van der Waals surface area contributed by atoms with Gasteiger partial charge in [0.05, 0.1) is 26.3 Å². The highest BCUT2D eigenvalue weighted by Gasteiger charge is 2.19. The van der Waals surface area contributed by atoms with Crippen molar-refractivity contribution in [2.75, 3.05) is 27.3 Å². The summed E-state index contributed by atoms with van der Waals surface area (Å²) >= 11 is 0. The zero-order valence-corrected chi connectivity index (χ0v) is 27.5. The van der Waals surface area contributed by atoms with Crippen LogP contribution < -0.4 is 21.1 Å². The summed E-state index contributed by atoms with van der Waals surface area (Å²) in [5.41, 5.74) is 13.6. The number of benzene rings is 2. The van der Waals surface area contributed by atoms with Gasteiger partial charge in [-0.1, -0.05) is 55.2 Å². The highest BCUT2D eigenvalue weighted by Crippen LogP contribution is 2.35. The van der Waals surface area contributed by atoms with Crippen LogP contribution in [0.3, 0.4) is 0 Å². The highest BCUT2D eigenvalue weighted by atomic mass is 16.5. The Balaban J connectivity index is 1.75. The van der Waals surface area contributed by atoms with Gasteiger partial charge in [-0.3, -0.25) is 9.59 Å². The maximum atomic E-state index is 12.9. The third kappa shape index (κ3) is 11.3. The number of hydrogen-bond donors (Lipinski definition) is 5. The van der Waals surface area contributed by atoms with Gasteiger partial charge in [-0.05, 0) is 111 Å². The van der Waals surface area contributed by atoms with Gasteiger partial charge in [0.15, 0.2) is 17.3 Å². The van der Waals surface area contributed by atoms with Crippen molar-refractivity contribution in [3.8, 4) is 11.5 Å². The number of carbonyl (C=O) groups is 2. The van der Waals surface area contributed by atoms with E-state index in [-0.39, 0.29) is 35.7 Å². The molecular weight excluding hydrogens is 566 g/mol. The van der Waals surface area contributed by atoms with Crippen LogP contribution in [-0.4, -0.2) is 55.3 Å². The average molecular weight is 618 g/mol. The number of phenols is 1. The lowest BCUT2D eigenvalue weighted by Gasteiger charge is -2.24. The Morgan fingerprint density at radius 3 is 2.49 bits per heavy atom. The largest absolute Gasteiger partial charge is 0.504 e. The van der Waals surface area contributed by atoms with E-state index in [1.54, 1.807) is 12.1 Å². The number of ether oxygens (including phenoxy) is 1. The number of rotatable bonds is 18. The van der Waals surface area contributed by atoms with Crippen molar-refractivity contribution in [2.24, 2.45) is 11.7 Å². The number of dihydropyridines is 1. The molecule has 1 aliphatic heterocycles. The molecule has 1 aliphatic rings. The first-order valence-corrected chi connectivity index (χ1v) is 15.9. The molecule has 0 radical (unpaired) electrons. The summed E-state index contributed by atoms with van der Waals surface area (Å²) in [5, 5.41) is 27.4. The minimum absolute atomic E-state index is 0.0455. The van der Waals surface area contributed by atoms with Gasteiger partial charge < -0.3 is 31.3 Å². The highest BCUT2D eigenvalue weighted by molar-refractivity contribution is 6.07. The molecule has 2 aromatic carbocycles. The van der Waals surface area contributed by atoms with E-state index in [0.29, 0.717) is 41.9 Å². The zero-order valence-electron chi connectivity index (χ0n) is 27.5. The molecule has 6 N–H and O–H groups in total. The molecule has 0 aliphatic carbocycles. The number of aliphatic hydroxyl groups excluding tert-OH is 1. The summed E-state index contributed by atoms with van der Waals surface area (Å²) in [6.07, 6.45) is 10.1. The van der Waals surface area contributed by atoms with Gasteiger partial charge in [-0.2, -0.15) is 0 Å². The van der Waals surface area contributed by atoms with E-state index in [9.17, 15) is 19.8 Å². The van der Waals surface area contributed by atoms with Crippen LogP contribution in [0.1, 0.15) is 73.3 Å². The SMILES string of the molecule is CNC[C@H](C)CCCCCC(=O)CC(=O)/C=C(\CO)c1cc(OC)c(O)cc1CC1=CNC(N)C(Cc2cc(C)cc(C)c2)=C1. The van der Waals surface area contributed by atoms with Crippen LogP contribution in [0.4, 0.5) is 0 Å². The first-order valence-electron chi connectivity index (χ1n) is 15.9. The van der Waals surface area contributed by atoms with Gasteiger partial charge in [0.1, 0.15) is 5.78 Å². The molecular formula is C37H51N3O5. The van der Waals surface area contributed by atoms with Crippen molar-refractivity contribution in [1.29, 1.82) is 0 Å². The normalized spacial score (nSPS) is 15.6. The molecule has 0 amide bonds. The van der Waals surface area contributed by atoms with Crippen molar-refractivity contribution in [3.63, 3.8) is 0 Å². The molecule has 8 heteroatoms. The lowest BCUT2D eigenvalue weighted by Crippen LogP contribution is -2.38. The lowest BCUT2D eigenvalue weighted by atomic mass is 9.90. The first kappa shape index (κ1) is 35.8. The number of allylic oxidation sites excluding steroid dienone is 3. The molecule has 0 saturated heterocycles. The van der Waals surface area contributed by atoms with Gasteiger partial charge in [-0.15, -0.1) is 0 Å². The van der Waals surface area contributed by atoms with E-state index in [4.69, 9.17) is 10.5 Å². The number of phenolic OH excluding ortho intramolecular Hbond substituents is 1. The standard InChI is InChI=1S/C37H51N3O5/c1-24(21-39-4)9-7-6-8-10-32(42)19-33(43)17-31(23-41)34-20-36(45-5)35(44)18-29(34)15-28-16-30(37(38)40-22-28)14-27-12-25(2)11-26(3)13-27/h11-13,16-18,20,22,24,37,39-41,44H,6-10,14-15,19,21,23,38H2,1-5H3/b31-17+/t24-,37?/m1/s1. The minimum Gasteiger partial charge on any atom is -0.504 e. The zero-order chi connectivity index (χ0) is 32.9. The minimum atomic E-state index is -0.415. The second-order valence-electron chi connectivity index (χ2n) is 12.4. The fourth-order valence-electron chi connectivity index (χ4n) is 5.96. The number of methoxy groups -OCH3 is 1. The van der Waals surface area contributed by atoms with Crippen LogP contribution in [0, 0.1) is 19.8 Å². The van der Waals surface area contributed by atoms with E-state index in [1.165, 1.54) is 29.9 Å². The summed E-state index contributed by atoms with van der Waals surface area (Å²) in [6.45, 7) is 6.93. The van der Waals surface area contributed by atoms with Crippen molar-refractivity contribution >= 4 is 17.1 Å². The van der Waals surface area contributed by atoms with E-state index >= 15 is 0 Å². The number of nitrogens with one attached hydrogen (secondary N) is 2. The van der Waals surface area contributed by atoms with Crippen molar-refractivity contribution in [3.05, 3.63) is 87.6 Å². The molecule has 244 valence electrons. The van der Waals surface area contributed by atoms with E-state index in [0.717, 1.165) is 43.4 Å². The summed E-state index contributed by atoms with van der Waals surface area (Å²) in [7, 11) is 3.40. The van der Waals surface area contributed by atoms with Crippen molar-refractivity contribution < 1.29 is 24.5 Å². The van der Waals surface area contributed by atoms with Gasteiger partial charge in [0.25, 0.3) is 0 Å².